The SMILES string of the molecule is CC(C)C[C@H](NC(=O)[C@@H](N)CCC(=O)O)C(=O)N[C@@H](CCCNC(=N)N)C(=O)C1CCN2C(=O)CCC(=O)C12C#N. The van der Waals surface area contributed by atoms with Crippen LogP contribution in [0.4, 0.5) is 0 Å². The number of fused-ring (bicyclic) bond motifs is 1. The highest BCUT2D eigenvalue weighted by atomic mass is 16.4. The third-order valence-electron chi connectivity index (χ3n) is 7.37. The van der Waals surface area contributed by atoms with Crippen LogP contribution in [-0.4, -0.2) is 88.0 Å². The summed E-state index contributed by atoms with van der Waals surface area (Å²) in [6, 6.07) is -1.51. The molecule has 2 fully saturated rings. The van der Waals surface area contributed by atoms with E-state index in [1.807, 2.05) is 19.9 Å². The third kappa shape index (κ3) is 8.23. The molecule has 2 rings (SSSR count). The third-order valence-corrected chi connectivity index (χ3v) is 7.37. The van der Waals surface area contributed by atoms with E-state index in [9.17, 15) is 34.0 Å². The number of nitrogens with one attached hydrogen (secondary N) is 4. The fourth-order valence-corrected chi connectivity index (χ4v) is 5.31. The van der Waals surface area contributed by atoms with Crippen LogP contribution in [0.25, 0.3) is 0 Å². The van der Waals surface area contributed by atoms with Crippen LogP contribution in [0, 0.1) is 28.6 Å². The first-order valence-electron chi connectivity index (χ1n) is 13.7. The zero-order valence-electron chi connectivity index (χ0n) is 23.4. The molecule has 15 heteroatoms. The van der Waals surface area contributed by atoms with E-state index in [0.29, 0.717) is 0 Å². The summed E-state index contributed by atoms with van der Waals surface area (Å²) >= 11 is 0. The van der Waals surface area contributed by atoms with Crippen molar-refractivity contribution in [3.63, 3.8) is 0 Å². The Kier molecular flexibility index (Phi) is 11.8. The molecule has 0 bridgehead atoms. The Morgan fingerprint density at radius 1 is 1.15 bits per heavy atom. The van der Waals surface area contributed by atoms with Crippen LogP contribution < -0.4 is 27.4 Å². The van der Waals surface area contributed by atoms with Crippen molar-refractivity contribution >= 4 is 41.2 Å². The number of rotatable bonds is 15. The average Bonchev–Trinajstić information content (AvgIpc) is 3.31. The highest BCUT2D eigenvalue weighted by molar-refractivity contribution is 6.07. The van der Waals surface area contributed by atoms with Gasteiger partial charge < -0.3 is 37.4 Å². The molecule has 0 aromatic carbocycles. The number of carboxylic acids is 1. The molecule has 0 saturated carbocycles. The standard InChI is InChI=1S/C26H40N8O7/c1-14(2)12-18(33-23(40)16(28)5-8-21(37)38)24(41)32-17(4-3-10-31-25(29)30)22(39)15-9-11-34-20(36)7-6-19(35)26(15,34)13-27/h14-18H,3-12,28H2,1-2H3,(H,32,41)(H,33,40)(H,37,38)(H4,29,30,31)/t15?,16-,17-,18-,26?/m0/s1. The van der Waals surface area contributed by atoms with Gasteiger partial charge in [0.25, 0.3) is 0 Å². The van der Waals surface area contributed by atoms with Crippen LogP contribution in [0.2, 0.25) is 0 Å². The van der Waals surface area contributed by atoms with Crippen LogP contribution in [0.15, 0.2) is 0 Å². The fourth-order valence-electron chi connectivity index (χ4n) is 5.31. The lowest BCUT2D eigenvalue weighted by Crippen LogP contribution is -2.62. The predicted molar refractivity (Wildman–Crippen MR) is 145 cm³/mol. The van der Waals surface area contributed by atoms with Gasteiger partial charge >= 0.3 is 5.97 Å². The van der Waals surface area contributed by atoms with E-state index in [0.717, 1.165) is 4.90 Å². The molecule has 9 N–H and O–H groups in total. The summed E-state index contributed by atoms with van der Waals surface area (Å²) in [5.41, 5.74) is 9.20. The van der Waals surface area contributed by atoms with Gasteiger partial charge in [-0.05, 0) is 38.0 Å². The second kappa shape index (κ2) is 14.5. The van der Waals surface area contributed by atoms with E-state index in [2.05, 4.69) is 16.0 Å². The zero-order chi connectivity index (χ0) is 30.9. The second-order valence-corrected chi connectivity index (χ2v) is 10.9. The first-order chi connectivity index (χ1) is 19.2. The quantitative estimate of drug-likeness (QED) is 0.0670. The number of hydrogen-bond donors (Lipinski definition) is 7. The molecule has 0 radical (unpaired) electrons. The van der Waals surface area contributed by atoms with Crippen LogP contribution in [0.3, 0.4) is 0 Å². The number of amides is 3. The van der Waals surface area contributed by atoms with Crippen LogP contribution in [-0.2, 0) is 28.8 Å². The van der Waals surface area contributed by atoms with Gasteiger partial charge in [0.05, 0.1) is 24.1 Å². The van der Waals surface area contributed by atoms with Gasteiger partial charge in [0.1, 0.15) is 6.04 Å². The molecule has 2 unspecified atom stereocenters. The predicted octanol–water partition coefficient (Wildman–Crippen LogP) is -1.50. The molecular formula is C26H40N8O7. The fraction of sp³-hybridized carbons (Fsp3) is 0.692. The van der Waals surface area contributed by atoms with Crippen molar-refractivity contribution in [2.24, 2.45) is 23.3 Å². The van der Waals surface area contributed by atoms with E-state index >= 15 is 0 Å². The second-order valence-electron chi connectivity index (χ2n) is 10.9. The molecule has 5 atom stereocenters. The van der Waals surface area contributed by atoms with E-state index in [4.69, 9.17) is 22.0 Å². The minimum absolute atomic E-state index is 0.0365. The van der Waals surface area contributed by atoms with Gasteiger partial charge in [-0.15, -0.1) is 0 Å². The molecule has 0 aromatic rings. The molecule has 0 aliphatic carbocycles. The summed E-state index contributed by atoms with van der Waals surface area (Å²) < 4.78 is 0. The topological polar surface area (TPSA) is 262 Å². The van der Waals surface area contributed by atoms with Gasteiger partial charge in [-0.1, -0.05) is 13.8 Å². The number of ketones is 2. The van der Waals surface area contributed by atoms with Crippen molar-refractivity contribution in [3.8, 4) is 6.07 Å². The van der Waals surface area contributed by atoms with Crippen molar-refractivity contribution in [2.75, 3.05) is 13.1 Å². The van der Waals surface area contributed by atoms with E-state index in [1.165, 1.54) is 0 Å². The first-order valence-corrected chi connectivity index (χ1v) is 13.7. The molecule has 2 heterocycles. The molecule has 0 spiro atoms. The molecule has 0 aromatic heterocycles. The number of carboxylic acid groups (broad SMARTS) is 1. The number of aliphatic carboxylic acids is 1. The molecule has 226 valence electrons. The van der Waals surface area contributed by atoms with Crippen molar-refractivity contribution in [2.45, 2.75) is 88.9 Å². The van der Waals surface area contributed by atoms with E-state index < -0.39 is 58.9 Å². The van der Waals surface area contributed by atoms with E-state index in [-0.39, 0.29) is 82.2 Å². The minimum Gasteiger partial charge on any atom is -0.481 e. The number of carbonyl (C=O) groups excluding carboxylic acids is 5. The number of nitriles is 1. The molecule has 3 amide bonds. The summed E-state index contributed by atoms with van der Waals surface area (Å²) in [7, 11) is 0. The van der Waals surface area contributed by atoms with Gasteiger partial charge in [-0.2, -0.15) is 5.26 Å². The Labute approximate surface area is 238 Å². The summed E-state index contributed by atoms with van der Waals surface area (Å²) in [4.78, 5) is 77.5. The number of Topliss-reactive ketones (excluding diaryl/α,β-unsaturated/α-hetero) is 2. The number of nitrogens with two attached hydrogens (primary N) is 2. The molecule has 2 saturated heterocycles. The Hall–Kier alpha value is -4.06. The zero-order valence-corrected chi connectivity index (χ0v) is 23.4. The maximum absolute atomic E-state index is 13.9. The largest absolute Gasteiger partial charge is 0.481 e. The summed E-state index contributed by atoms with van der Waals surface area (Å²) in [5, 5.41) is 34.1. The molecule has 15 nitrogen and oxygen atoms in total. The minimum atomic E-state index is -1.94. The summed E-state index contributed by atoms with van der Waals surface area (Å²) in [5.74, 6) is -5.51. The van der Waals surface area contributed by atoms with Crippen molar-refractivity contribution < 1.29 is 33.9 Å². The monoisotopic (exact) mass is 576 g/mol. The summed E-state index contributed by atoms with van der Waals surface area (Å²) in [6.45, 7) is 3.91. The maximum atomic E-state index is 13.9. The van der Waals surface area contributed by atoms with Gasteiger partial charge in [0.2, 0.25) is 17.7 Å². The van der Waals surface area contributed by atoms with Gasteiger partial charge in [-0.25, -0.2) is 0 Å². The number of guanidine groups is 1. The van der Waals surface area contributed by atoms with Crippen LogP contribution >= 0.6 is 0 Å². The Morgan fingerprint density at radius 3 is 2.39 bits per heavy atom. The smallest absolute Gasteiger partial charge is 0.303 e. The van der Waals surface area contributed by atoms with Crippen LogP contribution in [0.1, 0.15) is 65.2 Å². The first kappa shape index (κ1) is 33.1. The number of carbonyl (C=O) groups is 6. The van der Waals surface area contributed by atoms with Gasteiger partial charge in [0.15, 0.2) is 23.1 Å². The molecule has 2 aliphatic rings. The van der Waals surface area contributed by atoms with Gasteiger partial charge in [-0.3, -0.25) is 34.2 Å². The molecule has 41 heavy (non-hydrogen) atoms. The molecule has 2 aliphatic heterocycles. The van der Waals surface area contributed by atoms with Crippen LogP contribution in [0.5, 0.6) is 0 Å². The molecular weight excluding hydrogens is 536 g/mol. The Balaban J connectivity index is 2.29. The van der Waals surface area contributed by atoms with Gasteiger partial charge in [0, 0.05) is 32.4 Å². The van der Waals surface area contributed by atoms with Crippen molar-refractivity contribution in [3.05, 3.63) is 0 Å². The maximum Gasteiger partial charge on any atom is 0.303 e. The highest BCUT2D eigenvalue weighted by Gasteiger charge is 2.61. The lowest BCUT2D eigenvalue weighted by atomic mass is 9.74. The Bertz CT molecular complexity index is 1100. The Morgan fingerprint density at radius 2 is 1.80 bits per heavy atom. The number of piperidine rings is 1. The van der Waals surface area contributed by atoms with Crippen molar-refractivity contribution in [1.29, 1.82) is 10.7 Å². The lowest BCUT2D eigenvalue weighted by Gasteiger charge is -2.38. The highest BCUT2D eigenvalue weighted by Crippen LogP contribution is 2.41. The summed E-state index contributed by atoms with van der Waals surface area (Å²) in [6.07, 6.45) is -0.0633. The number of nitrogens with zero attached hydrogens (tertiary/aromatic N) is 2. The average molecular weight is 577 g/mol. The normalized spacial score (nSPS) is 22.2. The van der Waals surface area contributed by atoms with E-state index in [1.54, 1.807) is 0 Å². The lowest BCUT2D eigenvalue weighted by molar-refractivity contribution is -0.150. The number of hydrogen-bond acceptors (Lipinski definition) is 9. The van der Waals surface area contributed by atoms with Crippen molar-refractivity contribution in [1.82, 2.24) is 20.9 Å².